The number of pyridine rings is 1. The van der Waals surface area contributed by atoms with Crippen molar-refractivity contribution >= 4 is 34.2 Å². The predicted molar refractivity (Wildman–Crippen MR) is 124 cm³/mol. The molecule has 0 saturated heterocycles. The van der Waals surface area contributed by atoms with Gasteiger partial charge in [0.15, 0.2) is 5.69 Å². The average Bonchev–Trinajstić information content (AvgIpc) is 3.00. The molecule has 1 aromatic carbocycles. The Morgan fingerprint density at radius 1 is 1.29 bits per heavy atom. The third-order valence-electron chi connectivity index (χ3n) is 6.88. The van der Waals surface area contributed by atoms with Gasteiger partial charge in [0, 0.05) is 29.9 Å². The van der Waals surface area contributed by atoms with Crippen molar-refractivity contribution in [3.63, 3.8) is 0 Å². The summed E-state index contributed by atoms with van der Waals surface area (Å²) >= 11 is 5.86. The van der Waals surface area contributed by atoms with Gasteiger partial charge in [-0.1, -0.05) is 17.7 Å². The molecule has 2 aliphatic rings. The third-order valence-corrected chi connectivity index (χ3v) is 7.09. The van der Waals surface area contributed by atoms with E-state index < -0.39 is 23.3 Å². The van der Waals surface area contributed by atoms with E-state index in [9.17, 15) is 23.5 Å². The van der Waals surface area contributed by atoms with Crippen LogP contribution in [0.25, 0.3) is 10.9 Å². The SMILES string of the molecule is Cc1cc([C@@H](C)Nc2ccc(Cl)nc2C(=O)O)c2nc3n(c(=O)c2c1)[C@H](C)CC31CC(F)(F)C1. The number of halogens is 3. The van der Waals surface area contributed by atoms with E-state index in [4.69, 9.17) is 16.6 Å². The van der Waals surface area contributed by atoms with E-state index in [1.165, 1.54) is 12.1 Å². The minimum Gasteiger partial charge on any atom is -0.476 e. The second kappa shape index (κ2) is 7.46. The Labute approximate surface area is 198 Å². The Morgan fingerprint density at radius 2 is 2.00 bits per heavy atom. The number of aryl methyl sites for hydroxylation is 1. The molecule has 1 aliphatic carbocycles. The lowest BCUT2D eigenvalue weighted by Gasteiger charge is -2.44. The van der Waals surface area contributed by atoms with E-state index >= 15 is 0 Å². The van der Waals surface area contributed by atoms with Gasteiger partial charge in [-0.25, -0.2) is 23.5 Å². The van der Waals surface area contributed by atoms with Crippen LogP contribution in [0.5, 0.6) is 0 Å². The number of anilines is 1. The topological polar surface area (TPSA) is 97.1 Å². The number of nitrogens with one attached hydrogen (secondary N) is 1. The van der Waals surface area contributed by atoms with Gasteiger partial charge in [-0.2, -0.15) is 0 Å². The first kappa shape index (κ1) is 22.7. The molecule has 0 unspecified atom stereocenters. The molecule has 5 rings (SSSR count). The molecule has 0 radical (unpaired) electrons. The van der Waals surface area contributed by atoms with Crippen molar-refractivity contribution < 1.29 is 18.7 Å². The fourth-order valence-electron chi connectivity index (χ4n) is 5.61. The molecule has 1 spiro atoms. The van der Waals surface area contributed by atoms with E-state index in [0.717, 1.165) is 5.56 Å². The molecule has 34 heavy (non-hydrogen) atoms. The standard InChI is InChI=1S/C24H23ClF2N4O3/c1-11-6-14(13(3)28-16-4-5-17(25)29-19(16)21(33)34)18-15(7-11)20(32)31-12(2)8-23(22(31)30-18)9-24(26,27)10-23/h4-7,12-13,28H,8-10H2,1-3H3,(H,33,34)/t12-,13-/m1/s1. The number of aromatic nitrogens is 3. The maximum atomic E-state index is 13.9. The van der Waals surface area contributed by atoms with Gasteiger partial charge in [0.2, 0.25) is 5.92 Å². The van der Waals surface area contributed by atoms with Crippen molar-refractivity contribution in [3.8, 4) is 0 Å². The molecule has 10 heteroatoms. The van der Waals surface area contributed by atoms with Crippen molar-refractivity contribution in [1.29, 1.82) is 0 Å². The first-order valence-electron chi connectivity index (χ1n) is 11.0. The highest BCUT2D eigenvalue weighted by atomic mass is 35.5. The summed E-state index contributed by atoms with van der Waals surface area (Å²) in [6, 6.07) is 5.96. The maximum absolute atomic E-state index is 13.9. The summed E-state index contributed by atoms with van der Waals surface area (Å²) < 4.78 is 29.4. The number of hydrogen-bond acceptors (Lipinski definition) is 5. The molecule has 7 nitrogen and oxygen atoms in total. The van der Waals surface area contributed by atoms with Crippen LogP contribution in [-0.4, -0.2) is 31.5 Å². The van der Waals surface area contributed by atoms with Gasteiger partial charge in [-0.15, -0.1) is 0 Å². The van der Waals surface area contributed by atoms with Crippen LogP contribution >= 0.6 is 11.6 Å². The first-order chi connectivity index (χ1) is 15.9. The van der Waals surface area contributed by atoms with Crippen LogP contribution in [-0.2, 0) is 5.41 Å². The van der Waals surface area contributed by atoms with Gasteiger partial charge in [0.25, 0.3) is 5.56 Å². The van der Waals surface area contributed by atoms with Crippen LogP contribution in [0.1, 0.15) is 72.6 Å². The number of aromatic carboxylic acids is 1. The van der Waals surface area contributed by atoms with Crippen LogP contribution in [0.15, 0.2) is 29.1 Å². The number of rotatable bonds is 4. The lowest BCUT2D eigenvalue weighted by Crippen LogP contribution is -2.49. The van der Waals surface area contributed by atoms with Crippen molar-refractivity contribution in [2.45, 2.75) is 63.5 Å². The van der Waals surface area contributed by atoms with E-state index in [1.54, 1.807) is 10.6 Å². The Morgan fingerprint density at radius 3 is 2.65 bits per heavy atom. The zero-order chi connectivity index (χ0) is 24.6. The second-order valence-corrected chi connectivity index (χ2v) is 9.99. The van der Waals surface area contributed by atoms with Gasteiger partial charge < -0.3 is 10.4 Å². The molecule has 2 N–H and O–H groups in total. The summed E-state index contributed by atoms with van der Waals surface area (Å²) in [5, 5.41) is 13.1. The number of carboxylic acids is 1. The summed E-state index contributed by atoms with van der Waals surface area (Å²) in [5.74, 6) is -3.57. The molecular weight excluding hydrogens is 466 g/mol. The normalized spacial score (nSPS) is 20.7. The number of benzene rings is 1. The maximum Gasteiger partial charge on any atom is 0.356 e. The Balaban J connectivity index is 1.65. The van der Waals surface area contributed by atoms with Crippen molar-refractivity contribution in [2.75, 3.05) is 5.32 Å². The minimum atomic E-state index is -2.75. The molecule has 0 amide bonds. The highest BCUT2D eigenvalue weighted by Gasteiger charge is 2.62. The quantitative estimate of drug-likeness (QED) is 0.486. The number of carbonyl (C=O) groups is 1. The highest BCUT2D eigenvalue weighted by molar-refractivity contribution is 6.29. The summed E-state index contributed by atoms with van der Waals surface area (Å²) in [7, 11) is 0. The molecule has 2 atom stereocenters. The molecule has 178 valence electrons. The van der Waals surface area contributed by atoms with Crippen molar-refractivity contribution in [1.82, 2.24) is 14.5 Å². The molecule has 3 heterocycles. The van der Waals surface area contributed by atoms with Crippen LogP contribution < -0.4 is 10.9 Å². The predicted octanol–water partition coefficient (Wildman–Crippen LogP) is 5.26. The number of hydrogen-bond donors (Lipinski definition) is 2. The van der Waals surface area contributed by atoms with Crippen LogP contribution in [0.4, 0.5) is 14.5 Å². The Kier molecular flexibility index (Phi) is 4.99. The van der Waals surface area contributed by atoms with Crippen LogP contribution in [0.3, 0.4) is 0 Å². The molecule has 1 aliphatic heterocycles. The van der Waals surface area contributed by atoms with Gasteiger partial charge in [-0.3, -0.25) is 9.36 Å². The van der Waals surface area contributed by atoms with Crippen molar-refractivity contribution in [3.05, 3.63) is 62.4 Å². The largest absolute Gasteiger partial charge is 0.476 e. The fourth-order valence-corrected chi connectivity index (χ4v) is 5.76. The van der Waals surface area contributed by atoms with E-state index in [1.807, 2.05) is 26.8 Å². The number of fused-ring (bicyclic) bond motifs is 3. The van der Waals surface area contributed by atoms with Gasteiger partial charge >= 0.3 is 5.97 Å². The first-order valence-corrected chi connectivity index (χ1v) is 11.4. The molecule has 3 aromatic rings. The number of carboxylic acid groups (broad SMARTS) is 1. The van der Waals surface area contributed by atoms with Crippen LogP contribution in [0.2, 0.25) is 5.15 Å². The van der Waals surface area contributed by atoms with E-state index in [0.29, 0.717) is 28.7 Å². The molecular formula is C24H23ClF2N4O3. The van der Waals surface area contributed by atoms with E-state index in [-0.39, 0.29) is 41.0 Å². The lowest BCUT2D eigenvalue weighted by molar-refractivity contribution is -0.128. The zero-order valence-corrected chi connectivity index (χ0v) is 19.6. The van der Waals surface area contributed by atoms with E-state index in [2.05, 4.69) is 10.3 Å². The summed E-state index contributed by atoms with van der Waals surface area (Å²) in [6.45, 7) is 5.54. The molecule has 0 bridgehead atoms. The zero-order valence-electron chi connectivity index (χ0n) is 18.8. The highest BCUT2D eigenvalue weighted by Crippen LogP contribution is 2.59. The number of nitrogens with zero attached hydrogens (tertiary/aromatic N) is 3. The van der Waals surface area contributed by atoms with Gasteiger partial charge in [0.1, 0.15) is 11.0 Å². The minimum absolute atomic E-state index is 0.0542. The average molecular weight is 489 g/mol. The molecule has 1 fully saturated rings. The summed E-state index contributed by atoms with van der Waals surface area (Å²) in [6.07, 6.45) is -0.160. The van der Waals surface area contributed by atoms with Gasteiger partial charge in [0.05, 0.1) is 22.6 Å². The Bertz CT molecular complexity index is 1410. The third kappa shape index (κ3) is 3.45. The Hall–Kier alpha value is -3.07. The van der Waals surface area contributed by atoms with Crippen molar-refractivity contribution in [2.24, 2.45) is 0 Å². The number of alkyl halides is 2. The van der Waals surface area contributed by atoms with Crippen LogP contribution in [0, 0.1) is 6.92 Å². The second-order valence-electron chi connectivity index (χ2n) is 9.61. The summed E-state index contributed by atoms with van der Waals surface area (Å²) in [4.78, 5) is 33.8. The molecule has 1 saturated carbocycles. The lowest BCUT2D eigenvalue weighted by atomic mass is 9.64. The molecule has 2 aromatic heterocycles. The monoisotopic (exact) mass is 488 g/mol. The smallest absolute Gasteiger partial charge is 0.356 e. The fraction of sp³-hybridized carbons (Fsp3) is 0.417. The van der Waals surface area contributed by atoms with Gasteiger partial charge in [-0.05, 0) is 51.0 Å². The summed E-state index contributed by atoms with van der Waals surface area (Å²) in [5.41, 5.74) is 0.934.